The van der Waals surface area contributed by atoms with Gasteiger partial charge in [0.05, 0.1) is 6.54 Å². The Morgan fingerprint density at radius 2 is 2.25 bits per heavy atom. The average Bonchev–Trinajstić information content (AvgIpc) is 3.28. The lowest BCUT2D eigenvalue weighted by molar-refractivity contribution is 0.421. The van der Waals surface area contributed by atoms with Crippen molar-refractivity contribution in [2.75, 3.05) is 20.1 Å². The van der Waals surface area contributed by atoms with Crippen molar-refractivity contribution in [3.63, 3.8) is 0 Å². The minimum absolute atomic E-state index is 0.429. The molecule has 148 valence electrons. The van der Waals surface area contributed by atoms with Gasteiger partial charge in [-0.25, -0.2) is 0 Å². The van der Waals surface area contributed by atoms with Crippen LogP contribution in [-0.4, -0.2) is 50.7 Å². The van der Waals surface area contributed by atoms with E-state index >= 15 is 0 Å². The molecule has 3 rings (SSSR count). The zero-order valence-electron chi connectivity index (χ0n) is 16.3. The Morgan fingerprint density at radius 1 is 1.39 bits per heavy atom. The van der Waals surface area contributed by atoms with Gasteiger partial charge in [-0.3, -0.25) is 9.98 Å². The second-order valence-electron chi connectivity index (χ2n) is 6.33. The maximum atomic E-state index is 5.29. The second kappa shape index (κ2) is 9.50. The van der Waals surface area contributed by atoms with Crippen LogP contribution in [0.15, 0.2) is 50.6 Å². The van der Waals surface area contributed by atoms with Crippen LogP contribution in [0.25, 0.3) is 11.6 Å². The first-order valence-corrected chi connectivity index (χ1v) is 9.90. The third-order valence-corrected chi connectivity index (χ3v) is 4.55. The minimum Gasteiger partial charge on any atom is -0.357 e. The summed E-state index contributed by atoms with van der Waals surface area (Å²) in [7, 11) is 4.06. The van der Waals surface area contributed by atoms with E-state index in [1.54, 1.807) is 6.20 Å². The van der Waals surface area contributed by atoms with Gasteiger partial charge in [-0.2, -0.15) is 4.98 Å². The number of hydrogen-bond acceptors (Lipinski definition) is 5. The van der Waals surface area contributed by atoms with Crippen molar-refractivity contribution < 1.29 is 4.52 Å². The van der Waals surface area contributed by atoms with Crippen molar-refractivity contribution in [3.8, 4) is 11.6 Å². The van der Waals surface area contributed by atoms with Gasteiger partial charge in [-0.1, -0.05) is 11.2 Å². The van der Waals surface area contributed by atoms with Crippen LogP contribution in [0.1, 0.15) is 18.4 Å². The number of hydrogen-bond donors (Lipinski definition) is 1. The smallest absolute Gasteiger partial charge is 0.276 e. The van der Waals surface area contributed by atoms with Gasteiger partial charge >= 0.3 is 0 Å². The van der Waals surface area contributed by atoms with E-state index in [0.717, 1.165) is 23.5 Å². The summed E-state index contributed by atoms with van der Waals surface area (Å²) in [6.07, 6.45) is 4.34. The Kier molecular flexibility index (Phi) is 6.80. The summed E-state index contributed by atoms with van der Waals surface area (Å²) in [5.74, 6) is 1.89. The van der Waals surface area contributed by atoms with Crippen molar-refractivity contribution in [3.05, 3.63) is 52.7 Å². The summed E-state index contributed by atoms with van der Waals surface area (Å²) in [5, 5.41) is 7.35. The van der Waals surface area contributed by atoms with Gasteiger partial charge in [0.1, 0.15) is 5.69 Å². The molecule has 3 aromatic rings. The molecule has 0 aromatic carbocycles. The van der Waals surface area contributed by atoms with Gasteiger partial charge in [0.2, 0.25) is 0 Å². The third-order valence-electron chi connectivity index (χ3n) is 4.12. The summed E-state index contributed by atoms with van der Waals surface area (Å²) in [6.45, 7) is 4.16. The van der Waals surface area contributed by atoms with E-state index in [2.05, 4.69) is 58.8 Å². The zero-order chi connectivity index (χ0) is 19.9. The molecule has 0 saturated carbocycles. The van der Waals surface area contributed by atoms with E-state index in [1.165, 1.54) is 5.69 Å². The quantitative estimate of drug-likeness (QED) is 0.444. The molecule has 0 fully saturated rings. The van der Waals surface area contributed by atoms with Gasteiger partial charge in [-0.05, 0) is 41.1 Å². The Bertz CT molecular complexity index is 920. The zero-order valence-corrected chi connectivity index (χ0v) is 17.8. The number of aryl methyl sites for hydroxylation is 1. The lowest BCUT2D eigenvalue weighted by Gasteiger charge is -2.22. The lowest BCUT2D eigenvalue weighted by atomic mass is 10.3. The van der Waals surface area contributed by atoms with E-state index < -0.39 is 0 Å². The molecule has 3 heterocycles. The highest BCUT2D eigenvalue weighted by Crippen LogP contribution is 2.15. The summed E-state index contributed by atoms with van der Waals surface area (Å²) in [4.78, 5) is 15.4. The van der Waals surface area contributed by atoms with Gasteiger partial charge in [0.15, 0.2) is 11.8 Å². The number of halogens is 1. The van der Waals surface area contributed by atoms with Crippen LogP contribution in [0.4, 0.5) is 0 Å². The Hall–Kier alpha value is -2.68. The minimum atomic E-state index is 0.429. The SMILES string of the molecule is CCNC(=NCCc1noc(-c2ccccn2)n1)N(C)Cc1cc(Br)cn1C. The molecule has 0 aliphatic rings. The summed E-state index contributed by atoms with van der Waals surface area (Å²) < 4.78 is 8.46. The summed E-state index contributed by atoms with van der Waals surface area (Å²) in [5.41, 5.74) is 1.87. The Morgan fingerprint density at radius 3 is 2.93 bits per heavy atom. The fourth-order valence-electron chi connectivity index (χ4n) is 2.72. The molecule has 0 bridgehead atoms. The molecule has 0 aliphatic heterocycles. The van der Waals surface area contributed by atoms with Crippen molar-refractivity contribution in [2.24, 2.45) is 12.0 Å². The van der Waals surface area contributed by atoms with Crippen LogP contribution in [-0.2, 0) is 20.0 Å². The highest BCUT2D eigenvalue weighted by Gasteiger charge is 2.11. The van der Waals surface area contributed by atoms with Crippen LogP contribution in [0.5, 0.6) is 0 Å². The number of rotatable bonds is 7. The molecule has 0 amide bonds. The molecule has 8 nitrogen and oxygen atoms in total. The standard InChI is InChI=1S/C19H24BrN7O/c1-4-21-19(27(3)13-15-11-14(20)12-26(15)2)23-10-8-17-24-18(28-25-17)16-7-5-6-9-22-16/h5-7,9,11-12H,4,8,10,13H2,1-3H3,(H,21,23). The number of nitrogens with one attached hydrogen (secondary N) is 1. The third kappa shape index (κ3) is 5.19. The molecule has 28 heavy (non-hydrogen) atoms. The maximum absolute atomic E-state index is 5.29. The van der Waals surface area contributed by atoms with Gasteiger partial charge in [-0.15, -0.1) is 0 Å². The van der Waals surface area contributed by atoms with Crippen molar-refractivity contribution >= 4 is 21.9 Å². The van der Waals surface area contributed by atoms with E-state index in [9.17, 15) is 0 Å². The molecule has 0 radical (unpaired) electrons. The van der Waals surface area contributed by atoms with Gasteiger partial charge in [0.25, 0.3) is 5.89 Å². The van der Waals surface area contributed by atoms with Crippen molar-refractivity contribution in [2.45, 2.75) is 19.9 Å². The molecule has 9 heteroatoms. The molecular formula is C19H24BrN7O. The molecule has 1 N–H and O–H groups in total. The summed E-state index contributed by atoms with van der Waals surface area (Å²) in [6, 6.07) is 7.69. The summed E-state index contributed by atoms with van der Waals surface area (Å²) >= 11 is 3.51. The largest absolute Gasteiger partial charge is 0.357 e. The van der Waals surface area contributed by atoms with Gasteiger partial charge < -0.3 is 19.3 Å². The fourth-order valence-corrected chi connectivity index (χ4v) is 3.29. The van der Waals surface area contributed by atoms with E-state index in [0.29, 0.717) is 30.4 Å². The van der Waals surface area contributed by atoms with Crippen LogP contribution in [0, 0.1) is 0 Å². The first-order chi connectivity index (χ1) is 13.6. The van der Waals surface area contributed by atoms with Gasteiger partial charge in [0, 0.05) is 56.2 Å². The van der Waals surface area contributed by atoms with Crippen LogP contribution < -0.4 is 5.32 Å². The topological polar surface area (TPSA) is 84.4 Å². The number of aromatic nitrogens is 4. The number of pyridine rings is 1. The fraction of sp³-hybridized carbons (Fsp3) is 0.368. The van der Waals surface area contributed by atoms with E-state index in [4.69, 9.17) is 9.52 Å². The normalized spacial score (nSPS) is 11.6. The predicted octanol–water partition coefficient (Wildman–Crippen LogP) is 2.87. The van der Waals surface area contributed by atoms with Crippen molar-refractivity contribution in [1.82, 2.24) is 29.9 Å². The monoisotopic (exact) mass is 445 g/mol. The second-order valence-corrected chi connectivity index (χ2v) is 7.25. The lowest BCUT2D eigenvalue weighted by Crippen LogP contribution is -2.39. The van der Waals surface area contributed by atoms with Crippen LogP contribution in [0.2, 0.25) is 0 Å². The molecule has 0 atom stereocenters. The number of nitrogens with zero attached hydrogens (tertiary/aromatic N) is 6. The van der Waals surface area contributed by atoms with E-state index in [-0.39, 0.29) is 0 Å². The molecular weight excluding hydrogens is 422 g/mol. The maximum Gasteiger partial charge on any atom is 0.276 e. The number of guanidine groups is 1. The molecule has 0 saturated heterocycles. The molecule has 0 unspecified atom stereocenters. The molecule has 0 spiro atoms. The van der Waals surface area contributed by atoms with Crippen molar-refractivity contribution in [1.29, 1.82) is 0 Å². The first kappa shape index (κ1) is 20.1. The predicted molar refractivity (Wildman–Crippen MR) is 112 cm³/mol. The Labute approximate surface area is 172 Å². The average molecular weight is 446 g/mol. The number of aliphatic imine (C=N–C) groups is 1. The van der Waals surface area contributed by atoms with Crippen LogP contribution >= 0.6 is 15.9 Å². The molecule has 0 aliphatic carbocycles. The van der Waals surface area contributed by atoms with Crippen LogP contribution in [0.3, 0.4) is 0 Å². The van der Waals surface area contributed by atoms with E-state index in [1.807, 2.05) is 38.5 Å². The Balaban J connectivity index is 1.61. The highest BCUT2D eigenvalue weighted by molar-refractivity contribution is 9.10. The molecule has 3 aromatic heterocycles. The highest BCUT2D eigenvalue weighted by atomic mass is 79.9. The first-order valence-electron chi connectivity index (χ1n) is 9.11.